The molecule has 0 aliphatic rings. The molecule has 0 heterocycles. The molecule has 0 aliphatic carbocycles. The third-order valence-corrected chi connectivity index (χ3v) is 4.18. The van der Waals surface area contributed by atoms with Crippen LogP contribution in [0, 0.1) is 0 Å². The van der Waals surface area contributed by atoms with E-state index in [4.69, 9.17) is 4.74 Å². The van der Waals surface area contributed by atoms with E-state index in [1.807, 2.05) is 12.1 Å². The zero-order valence-corrected chi connectivity index (χ0v) is 15.9. The number of ether oxygens (including phenoxy) is 1. The molecule has 2 aromatic carbocycles. The van der Waals surface area contributed by atoms with Crippen molar-refractivity contribution in [3.8, 4) is 5.75 Å². The van der Waals surface area contributed by atoms with Crippen LogP contribution in [0.25, 0.3) is 0 Å². The van der Waals surface area contributed by atoms with Crippen molar-refractivity contribution in [1.29, 1.82) is 0 Å². The molecule has 1 atom stereocenters. The molecule has 2 rings (SSSR count). The molecule has 0 bridgehead atoms. The zero-order valence-electron chi connectivity index (χ0n) is 15.9. The Morgan fingerprint density at radius 3 is 2.12 bits per heavy atom. The Bertz CT molecular complexity index is 638. The van der Waals surface area contributed by atoms with Gasteiger partial charge < -0.3 is 10.1 Å². The Labute approximate surface area is 147 Å². The third-order valence-electron chi connectivity index (χ3n) is 4.18. The highest BCUT2D eigenvalue weighted by Crippen LogP contribution is 2.26. The summed E-state index contributed by atoms with van der Waals surface area (Å²) in [5, 5.41) is 3.61. The van der Waals surface area contributed by atoms with Crippen LogP contribution in [0.15, 0.2) is 48.5 Å². The number of nitrogens with one attached hydrogen (secondary N) is 1. The summed E-state index contributed by atoms with van der Waals surface area (Å²) in [6, 6.07) is 17.4. The van der Waals surface area contributed by atoms with Gasteiger partial charge in [-0.15, -0.1) is 0 Å². The minimum absolute atomic E-state index is 0.184. The maximum atomic E-state index is 5.93. The van der Waals surface area contributed by atoms with Crippen molar-refractivity contribution in [2.75, 3.05) is 0 Å². The van der Waals surface area contributed by atoms with Crippen LogP contribution in [0.1, 0.15) is 64.3 Å². The normalized spacial score (nSPS) is 13.1. The van der Waals surface area contributed by atoms with E-state index in [1.165, 1.54) is 16.7 Å². The third kappa shape index (κ3) is 5.10. The molecule has 0 fully saturated rings. The molecular weight excluding hydrogens is 294 g/mol. The Kier molecular flexibility index (Phi) is 6.06. The van der Waals surface area contributed by atoms with Gasteiger partial charge in [-0.2, -0.15) is 0 Å². The average molecular weight is 325 g/mol. The number of para-hydroxylation sites is 1. The van der Waals surface area contributed by atoms with E-state index >= 15 is 0 Å². The van der Waals surface area contributed by atoms with Crippen molar-refractivity contribution in [2.24, 2.45) is 0 Å². The second-order valence-corrected chi connectivity index (χ2v) is 7.75. The number of hydrogen-bond acceptors (Lipinski definition) is 2. The number of rotatable bonds is 6. The Morgan fingerprint density at radius 1 is 0.917 bits per heavy atom. The summed E-state index contributed by atoms with van der Waals surface area (Å²) in [6.07, 6.45) is 0.184. The van der Waals surface area contributed by atoms with Crippen LogP contribution in [-0.2, 0) is 12.0 Å². The topological polar surface area (TPSA) is 21.3 Å². The van der Waals surface area contributed by atoms with Crippen molar-refractivity contribution in [3.05, 3.63) is 65.2 Å². The van der Waals surface area contributed by atoms with Gasteiger partial charge in [-0.3, -0.25) is 0 Å². The fourth-order valence-corrected chi connectivity index (χ4v) is 2.70. The Morgan fingerprint density at radius 2 is 1.54 bits per heavy atom. The monoisotopic (exact) mass is 325 g/mol. The standard InChI is InChI=1S/C22H31NO/c1-16(2)24-21-10-8-7-9-20(21)17(3)23-15-18-11-13-19(14-12-18)22(4,5)6/h7-14,16-17,23H,15H2,1-6H3. The number of hydrogen-bond donors (Lipinski definition) is 1. The van der Waals surface area contributed by atoms with E-state index in [9.17, 15) is 0 Å². The molecule has 2 nitrogen and oxygen atoms in total. The molecule has 1 N–H and O–H groups in total. The van der Waals surface area contributed by atoms with Gasteiger partial charge in [0, 0.05) is 18.2 Å². The first-order valence-corrected chi connectivity index (χ1v) is 8.86. The van der Waals surface area contributed by atoms with E-state index in [-0.39, 0.29) is 17.6 Å². The van der Waals surface area contributed by atoms with Gasteiger partial charge in [0.25, 0.3) is 0 Å². The van der Waals surface area contributed by atoms with Crippen LogP contribution in [0.4, 0.5) is 0 Å². The van der Waals surface area contributed by atoms with E-state index in [0.29, 0.717) is 0 Å². The SMILES string of the molecule is CC(C)Oc1ccccc1C(C)NCc1ccc(C(C)(C)C)cc1. The molecule has 0 saturated carbocycles. The molecule has 2 aromatic rings. The van der Waals surface area contributed by atoms with Gasteiger partial charge in [0.2, 0.25) is 0 Å². The lowest BCUT2D eigenvalue weighted by atomic mass is 9.87. The Balaban J connectivity index is 2.02. The molecule has 0 aliphatic heterocycles. The van der Waals surface area contributed by atoms with Crippen molar-refractivity contribution in [1.82, 2.24) is 5.32 Å². The van der Waals surface area contributed by atoms with Crippen LogP contribution >= 0.6 is 0 Å². The van der Waals surface area contributed by atoms with Gasteiger partial charge in [-0.25, -0.2) is 0 Å². The van der Waals surface area contributed by atoms with Gasteiger partial charge in [-0.1, -0.05) is 63.2 Å². The highest BCUT2D eigenvalue weighted by molar-refractivity contribution is 5.36. The van der Waals surface area contributed by atoms with Crippen molar-refractivity contribution >= 4 is 0 Å². The minimum Gasteiger partial charge on any atom is -0.491 e. The smallest absolute Gasteiger partial charge is 0.124 e. The summed E-state index contributed by atoms with van der Waals surface area (Å²) in [5.74, 6) is 0.968. The fourth-order valence-electron chi connectivity index (χ4n) is 2.70. The summed E-state index contributed by atoms with van der Waals surface area (Å²) in [4.78, 5) is 0. The molecule has 0 radical (unpaired) electrons. The maximum Gasteiger partial charge on any atom is 0.124 e. The van der Waals surface area contributed by atoms with Gasteiger partial charge in [0.1, 0.15) is 5.75 Å². The van der Waals surface area contributed by atoms with E-state index in [2.05, 4.69) is 83.3 Å². The van der Waals surface area contributed by atoms with E-state index in [1.54, 1.807) is 0 Å². The predicted octanol–water partition coefficient (Wildman–Crippen LogP) is 5.62. The molecule has 0 amide bonds. The fraction of sp³-hybridized carbons (Fsp3) is 0.455. The summed E-state index contributed by atoms with van der Waals surface area (Å²) < 4.78 is 5.93. The lowest BCUT2D eigenvalue weighted by Crippen LogP contribution is -2.20. The lowest BCUT2D eigenvalue weighted by molar-refractivity contribution is 0.238. The summed E-state index contributed by atoms with van der Waals surface area (Å²) in [5.41, 5.74) is 4.08. The highest BCUT2D eigenvalue weighted by atomic mass is 16.5. The zero-order chi connectivity index (χ0) is 17.7. The highest BCUT2D eigenvalue weighted by Gasteiger charge is 2.14. The van der Waals surface area contributed by atoms with E-state index in [0.717, 1.165) is 12.3 Å². The van der Waals surface area contributed by atoms with E-state index < -0.39 is 0 Å². The van der Waals surface area contributed by atoms with Gasteiger partial charge in [0.05, 0.1) is 6.10 Å². The average Bonchev–Trinajstić information content (AvgIpc) is 2.52. The number of benzene rings is 2. The van der Waals surface area contributed by atoms with Crippen molar-refractivity contribution in [2.45, 2.75) is 65.6 Å². The quantitative estimate of drug-likeness (QED) is 0.744. The molecular formula is C22H31NO. The second-order valence-electron chi connectivity index (χ2n) is 7.75. The summed E-state index contributed by atoms with van der Waals surface area (Å²) >= 11 is 0. The van der Waals surface area contributed by atoms with Crippen LogP contribution in [0.2, 0.25) is 0 Å². The van der Waals surface area contributed by atoms with Crippen molar-refractivity contribution in [3.63, 3.8) is 0 Å². The first-order valence-electron chi connectivity index (χ1n) is 8.86. The van der Waals surface area contributed by atoms with Gasteiger partial charge in [0.15, 0.2) is 0 Å². The van der Waals surface area contributed by atoms with Crippen LogP contribution in [0.3, 0.4) is 0 Å². The molecule has 0 spiro atoms. The van der Waals surface area contributed by atoms with Gasteiger partial charge in [-0.05, 0) is 43.4 Å². The maximum absolute atomic E-state index is 5.93. The minimum atomic E-state index is 0.184. The first-order chi connectivity index (χ1) is 11.3. The Hall–Kier alpha value is -1.80. The van der Waals surface area contributed by atoms with Crippen LogP contribution in [0.5, 0.6) is 5.75 Å². The predicted molar refractivity (Wildman–Crippen MR) is 103 cm³/mol. The molecule has 0 saturated heterocycles. The van der Waals surface area contributed by atoms with Crippen molar-refractivity contribution < 1.29 is 4.74 Å². The largest absolute Gasteiger partial charge is 0.491 e. The van der Waals surface area contributed by atoms with Crippen LogP contribution in [-0.4, -0.2) is 6.10 Å². The molecule has 1 unspecified atom stereocenters. The lowest BCUT2D eigenvalue weighted by Gasteiger charge is -2.21. The van der Waals surface area contributed by atoms with Crippen LogP contribution < -0.4 is 10.1 Å². The second kappa shape index (κ2) is 7.85. The summed E-state index contributed by atoms with van der Waals surface area (Å²) in [6.45, 7) is 13.9. The summed E-state index contributed by atoms with van der Waals surface area (Å²) in [7, 11) is 0. The van der Waals surface area contributed by atoms with Gasteiger partial charge >= 0.3 is 0 Å². The molecule has 0 aromatic heterocycles. The molecule has 2 heteroatoms. The molecule has 130 valence electrons. The molecule has 24 heavy (non-hydrogen) atoms. The first kappa shape index (κ1) is 18.5.